The number of aryl methyl sites for hydroxylation is 1. The van der Waals surface area contributed by atoms with Gasteiger partial charge in [0.05, 0.1) is 30.6 Å². The van der Waals surface area contributed by atoms with E-state index in [-0.39, 0.29) is 12.2 Å². The van der Waals surface area contributed by atoms with Crippen molar-refractivity contribution in [1.82, 2.24) is 30.1 Å². The number of benzene rings is 1. The first kappa shape index (κ1) is 21.7. The molecule has 9 nitrogen and oxygen atoms in total. The highest BCUT2D eigenvalue weighted by Gasteiger charge is 2.30. The maximum absolute atomic E-state index is 12.8. The Morgan fingerprint density at radius 1 is 1.06 bits per heavy atom. The molecule has 1 atom stereocenters. The second-order valence-electron chi connectivity index (χ2n) is 8.15. The summed E-state index contributed by atoms with van der Waals surface area (Å²) in [6.07, 6.45) is -2.51. The van der Waals surface area contributed by atoms with E-state index in [0.717, 1.165) is 45.2 Å². The molecule has 174 valence electrons. The quantitative estimate of drug-likeness (QED) is 0.558. The summed E-state index contributed by atoms with van der Waals surface area (Å²) in [6, 6.07) is 10.0. The van der Waals surface area contributed by atoms with E-state index in [1.807, 2.05) is 13.0 Å². The summed E-state index contributed by atoms with van der Waals surface area (Å²) in [5.41, 5.74) is 1.98. The van der Waals surface area contributed by atoms with E-state index in [0.29, 0.717) is 29.0 Å². The van der Waals surface area contributed by atoms with Crippen molar-refractivity contribution in [1.29, 1.82) is 0 Å². The van der Waals surface area contributed by atoms with Crippen LogP contribution in [-0.4, -0.2) is 75.5 Å². The van der Waals surface area contributed by atoms with Crippen LogP contribution in [-0.2, 0) is 11.3 Å². The Balaban J connectivity index is 1.24. The Hall–Kier alpha value is -3.18. The zero-order valence-corrected chi connectivity index (χ0v) is 18.3. The molecule has 0 aliphatic carbocycles. The van der Waals surface area contributed by atoms with Gasteiger partial charge >= 0.3 is 0 Å². The van der Waals surface area contributed by atoms with Crippen molar-refractivity contribution in [2.45, 2.75) is 26.0 Å². The summed E-state index contributed by atoms with van der Waals surface area (Å²) >= 11 is 0. The van der Waals surface area contributed by atoms with Gasteiger partial charge in [-0.05, 0) is 25.1 Å². The van der Waals surface area contributed by atoms with Gasteiger partial charge in [-0.15, -0.1) is 15.3 Å². The molecule has 0 amide bonds. The molecule has 11 heteroatoms. The average molecular weight is 457 g/mol. The number of aromatic nitrogens is 5. The Labute approximate surface area is 189 Å². The van der Waals surface area contributed by atoms with E-state index in [1.165, 1.54) is 12.1 Å². The predicted octanol–water partition coefficient (Wildman–Crippen LogP) is 2.40. The van der Waals surface area contributed by atoms with Crippen LogP contribution in [0.5, 0.6) is 5.88 Å². The SMILES string of the molecule is Cc1nnn(-c2ccc(C(F)F)cc2)c1COc1ccc(N2CCN3CCOCC3C2)nn1. The van der Waals surface area contributed by atoms with E-state index in [1.54, 1.807) is 22.9 Å². The van der Waals surface area contributed by atoms with Gasteiger partial charge in [0.25, 0.3) is 6.43 Å². The smallest absolute Gasteiger partial charge is 0.263 e. The molecule has 1 aromatic carbocycles. The summed E-state index contributed by atoms with van der Waals surface area (Å²) in [5, 5.41) is 16.8. The van der Waals surface area contributed by atoms with E-state index in [9.17, 15) is 8.78 Å². The normalized spacial score (nSPS) is 19.0. The van der Waals surface area contributed by atoms with Gasteiger partial charge in [0.15, 0.2) is 5.82 Å². The molecule has 2 aliphatic rings. The van der Waals surface area contributed by atoms with Crippen LogP contribution in [0.25, 0.3) is 5.69 Å². The minimum absolute atomic E-state index is 0.0406. The van der Waals surface area contributed by atoms with Crippen molar-refractivity contribution in [3.8, 4) is 11.6 Å². The van der Waals surface area contributed by atoms with Gasteiger partial charge in [0.1, 0.15) is 12.3 Å². The number of hydrogen-bond donors (Lipinski definition) is 0. The van der Waals surface area contributed by atoms with Crippen molar-refractivity contribution in [2.24, 2.45) is 0 Å². The zero-order chi connectivity index (χ0) is 22.8. The van der Waals surface area contributed by atoms with Gasteiger partial charge < -0.3 is 14.4 Å². The van der Waals surface area contributed by atoms with Gasteiger partial charge in [0.2, 0.25) is 5.88 Å². The fourth-order valence-corrected chi connectivity index (χ4v) is 4.17. The van der Waals surface area contributed by atoms with Gasteiger partial charge in [-0.1, -0.05) is 17.3 Å². The fraction of sp³-hybridized carbons (Fsp3) is 0.455. The number of anilines is 1. The molecular weight excluding hydrogens is 432 g/mol. The van der Waals surface area contributed by atoms with Gasteiger partial charge in [0, 0.05) is 37.8 Å². The number of ether oxygens (including phenoxy) is 2. The van der Waals surface area contributed by atoms with Crippen molar-refractivity contribution in [2.75, 3.05) is 44.3 Å². The maximum atomic E-state index is 12.8. The standard InChI is InChI=1S/C22H25F2N7O2/c1-15-19(31(28-25-15)17-4-2-16(3-5-17)22(23)24)14-33-21-7-6-20(26-27-21)30-9-8-29-10-11-32-13-18(29)12-30/h2-7,18,22H,8-14H2,1H3. The number of morpholine rings is 1. The Kier molecular flexibility index (Phi) is 6.14. The number of piperazine rings is 1. The van der Waals surface area contributed by atoms with Gasteiger partial charge in [-0.25, -0.2) is 13.5 Å². The molecule has 0 radical (unpaired) electrons. The minimum Gasteiger partial charge on any atom is -0.470 e. The Morgan fingerprint density at radius 2 is 1.91 bits per heavy atom. The van der Waals surface area contributed by atoms with E-state index >= 15 is 0 Å². The van der Waals surface area contributed by atoms with Crippen LogP contribution in [0, 0.1) is 6.92 Å². The monoisotopic (exact) mass is 457 g/mol. The molecule has 2 aromatic heterocycles. The number of alkyl halides is 2. The first-order valence-electron chi connectivity index (χ1n) is 10.9. The maximum Gasteiger partial charge on any atom is 0.263 e. The highest BCUT2D eigenvalue weighted by Crippen LogP contribution is 2.23. The van der Waals surface area contributed by atoms with E-state index < -0.39 is 6.43 Å². The molecule has 0 bridgehead atoms. The predicted molar refractivity (Wildman–Crippen MR) is 116 cm³/mol. The summed E-state index contributed by atoms with van der Waals surface area (Å²) in [5.74, 6) is 1.20. The topological polar surface area (TPSA) is 81.4 Å². The number of rotatable bonds is 6. The van der Waals surface area contributed by atoms with Gasteiger partial charge in [-0.3, -0.25) is 4.90 Å². The third kappa shape index (κ3) is 4.64. The first-order valence-corrected chi connectivity index (χ1v) is 10.9. The van der Waals surface area contributed by atoms with E-state index in [2.05, 4.69) is 30.3 Å². The Bertz CT molecular complexity index is 1080. The van der Waals surface area contributed by atoms with Crippen LogP contribution in [0.1, 0.15) is 23.4 Å². The van der Waals surface area contributed by atoms with Crippen LogP contribution < -0.4 is 9.64 Å². The third-order valence-corrected chi connectivity index (χ3v) is 6.09. The Morgan fingerprint density at radius 3 is 2.67 bits per heavy atom. The number of halogens is 2. The van der Waals surface area contributed by atoms with Crippen molar-refractivity contribution < 1.29 is 18.3 Å². The summed E-state index contributed by atoms with van der Waals surface area (Å²) in [6.45, 7) is 7.28. The second-order valence-corrected chi connectivity index (χ2v) is 8.15. The van der Waals surface area contributed by atoms with Crippen molar-refractivity contribution in [3.63, 3.8) is 0 Å². The summed E-state index contributed by atoms with van der Waals surface area (Å²) < 4.78 is 38.7. The number of hydrogen-bond acceptors (Lipinski definition) is 8. The van der Waals surface area contributed by atoms with Crippen LogP contribution >= 0.6 is 0 Å². The number of nitrogens with zero attached hydrogens (tertiary/aromatic N) is 7. The molecule has 0 spiro atoms. The van der Waals surface area contributed by atoms with Crippen LogP contribution in [0.2, 0.25) is 0 Å². The van der Waals surface area contributed by atoms with Gasteiger partial charge in [-0.2, -0.15) is 0 Å². The third-order valence-electron chi connectivity index (χ3n) is 6.09. The van der Waals surface area contributed by atoms with Crippen molar-refractivity contribution >= 4 is 5.82 Å². The largest absolute Gasteiger partial charge is 0.470 e. The molecule has 0 saturated carbocycles. The highest BCUT2D eigenvalue weighted by atomic mass is 19.3. The van der Waals surface area contributed by atoms with Crippen molar-refractivity contribution in [3.05, 3.63) is 53.3 Å². The summed E-state index contributed by atoms with van der Waals surface area (Å²) in [7, 11) is 0. The fourth-order valence-electron chi connectivity index (χ4n) is 4.17. The lowest BCUT2D eigenvalue weighted by Crippen LogP contribution is -2.58. The minimum atomic E-state index is -2.51. The molecule has 0 N–H and O–H groups in total. The molecule has 2 fully saturated rings. The molecular formula is C22H25F2N7O2. The summed E-state index contributed by atoms with van der Waals surface area (Å²) in [4.78, 5) is 4.68. The molecule has 5 rings (SSSR count). The van der Waals surface area contributed by atoms with Crippen LogP contribution in [0.15, 0.2) is 36.4 Å². The highest BCUT2D eigenvalue weighted by molar-refractivity contribution is 5.40. The average Bonchev–Trinajstić information content (AvgIpc) is 3.23. The lowest BCUT2D eigenvalue weighted by molar-refractivity contribution is -0.0118. The molecule has 3 aromatic rings. The lowest BCUT2D eigenvalue weighted by atomic mass is 10.1. The van der Waals surface area contributed by atoms with E-state index in [4.69, 9.17) is 9.47 Å². The molecule has 1 unspecified atom stereocenters. The second kappa shape index (κ2) is 9.36. The lowest BCUT2D eigenvalue weighted by Gasteiger charge is -2.43. The number of fused-ring (bicyclic) bond motifs is 1. The molecule has 4 heterocycles. The molecule has 2 saturated heterocycles. The molecule has 33 heavy (non-hydrogen) atoms. The van der Waals surface area contributed by atoms with Crippen LogP contribution in [0.4, 0.5) is 14.6 Å². The first-order chi connectivity index (χ1) is 16.1. The zero-order valence-electron chi connectivity index (χ0n) is 18.3. The van der Waals surface area contributed by atoms with Crippen LogP contribution in [0.3, 0.4) is 0 Å². The molecule has 2 aliphatic heterocycles.